The lowest BCUT2D eigenvalue weighted by atomic mass is 9.83. The van der Waals surface area contributed by atoms with E-state index in [1.54, 1.807) is 4.81 Å². The molecule has 2 atom stereocenters. The normalized spacial score (nSPS) is 23.4. The van der Waals surface area contributed by atoms with Crippen LogP contribution in [0, 0.1) is 0 Å². The summed E-state index contributed by atoms with van der Waals surface area (Å²) in [5.74, 6) is 0. The van der Waals surface area contributed by atoms with Crippen molar-refractivity contribution in [2.75, 3.05) is 11.6 Å². The standard InChI is InChI=1S/C27H20Br2N4O/c28-22-11-15-24(16-12-22)32-19-34-27(21-9-5-2-6-10-21)26(32,20-7-3-1-4-8-20)30-33(31-27)25-17-13-23(29)14-18-25/h1-18H,19H2/t26-,27+/m0/s1. The third-order valence-corrected chi connectivity index (χ3v) is 7.34. The van der Waals surface area contributed by atoms with Crippen molar-refractivity contribution in [1.82, 2.24) is 0 Å². The van der Waals surface area contributed by atoms with E-state index in [0.29, 0.717) is 6.73 Å². The Morgan fingerprint density at radius 3 is 1.91 bits per heavy atom. The van der Waals surface area contributed by atoms with Crippen LogP contribution >= 0.6 is 31.9 Å². The van der Waals surface area contributed by atoms with E-state index in [2.05, 4.69) is 73.2 Å². The summed E-state index contributed by atoms with van der Waals surface area (Å²) in [7, 11) is 0. The van der Waals surface area contributed by atoms with Crippen molar-refractivity contribution in [1.29, 1.82) is 0 Å². The summed E-state index contributed by atoms with van der Waals surface area (Å²) in [6, 6.07) is 36.7. The highest BCUT2D eigenvalue weighted by Crippen LogP contribution is 2.61. The molecule has 5 nitrogen and oxygen atoms in total. The van der Waals surface area contributed by atoms with Crippen LogP contribution in [-0.2, 0) is 16.1 Å². The van der Waals surface area contributed by atoms with Gasteiger partial charge in [0.15, 0.2) is 11.4 Å². The lowest BCUT2D eigenvalue weighted by Crippen LogP contribution is -2.50. The average Bonchev–Trinajstić information content (AvgIpc) is 3.39. The van der Waals surface area contributed by atoms with E-state index in [0.717, 1.165) is 31.4 Å². The minimum absolute atomic E-state index is 0.340. The number of hydrogen-bond donors (Lipinski definition) is 0. The van der Waals surface area contributed by atoms with Gasteiger partial charge in [-0.05, 0) is 47.5 Å². The van der Waals surface area contributed by atoms with Crippen LogP contribution in [0.2, 0.25) is 0 Å². The summed E-state index contributed by atoms with van der Waals surface area (Å²) >= 11 is 7.08. The molecule has 0 spiro atoms. The summed E-state index contributed by atoms with van der Waals surface area (Å²) in [6.07, 6.45) is 0. The van der Waals surface area contributed by atoms with Gasteiger partial charge in [0.25, 0.3) is 0 Å². The van der Waals surface area contributed by atoms with Crippen LogP contribution in [0.1, 0.15) is 11.1 Å². The van der Waals surface area contributed by atoms with Crippen LogP contribution in [0.15, 0.2) is 123 Å². The van der Waals surface area contributed by atoms with Crippen molar-refractivity contribution in [2.24, 2.45) is 5.11 Å². The molecule has 7 heteroatoms. The van der Waals surface area contributed by atoms with Crippen molar-refractivity contribution < 1.29 is 9.54 Å². The molecule has 0 bridgehead atoms. The van der Waals surface area contributed by atoms with Crippen LogP contribution in [-0.4, -0.2) is 11.5 Å². The molecule has 34 heavy (non-hydrogen) atoms. The molecule has 1 saturated heterocycles. The Labute approximate surface area is 214 Å². The van der Waals surface area contributed by atoms with Crippen molar-refractivity contribution in [2.45, 2.75) is 11.4 Å². The second-order valence-electron chi connectivity index (χ2n) is 8.19. The highest BCUT2D eigenvalue weighted by atomic mass is 79.9. The number of fused-ring (bicyclic) bond motifs is 1. The predicted octanol–water partition coefficient (Wildman–Crippen LogP) is 7.81. The highest BCUT2D eigenvalue weighted by molar-refractivity contribution is 9.10. The number of anilines is 1. The lowest BCUT2D eigenvalue weighted by Gasteiger charge is -2.44. The first-order valence-corrected chi connectivity index (χ1v) is 12.5. The molecule has 168 valence electrons. The molecule has 0 aliphatic carbocycles. The molecule has 4 aromatic rings. The van der Waals surface area contributed by atoms with Gasteiger partial charge in [-0.1, -0.05) is 92.5 Å². The second-order valence-corrected chi connectivity index (χ2v) is 10.0. The van der Waals surface area contributed by atoms with Crippen LogP contribution in [0.4, 0.5) is 11.4 Å². The van der Waals surface area contributed by atoms with Gasteiger partial charge in [-0.25, -0.2) is 0 Å². The zero-order valence-electron chi connectivity index (χ0n) is 18.1. The fraction of sp³-hybridized carbons (Fsp3) is 0.111. The second kappa shape index (κ2) is 8.34. The van der Waals surface area contributed by atoms with E-state index in [4.69, 9.17) is 15.3 Å². The number of nitrogens with zero attached hydrogens (tertiary/aromatic N) is 4. The van der Waals surface area contributed by atoms with E-state index in [9.17, 15) is 0 Å². The minimum atomic E-state index is -1.07. The molecule has 4 aromatic carbocycles. The highest BCUT2D eigenvalue weighted by Gasteiger charge is 2.65. The molecule has 0 radical (unpaired) electrons. The van der Waals surface area contributed by atoms with E-state index in [1.807, 2.05) is 72.8 Å². The quantitative estimate of drug-likeness (QED) is 0.233. The van der Waals surface area contributed by atoms with Gasteiger partial charge in [0.1, 0.15) is 6.73 Å². The first-order valence-electron chi connectivity index (χ1n) is 10.9. The lowest BCUT2D eigenvalue weighted by molar-refractivity contribution is -0.461. The third-order valence-electron chi connectivity index (χ3n) is 6.28. The minimum Gasteiger partial charge on any atom is -0.342 e. The Hall–Kier alpha value is -3.00. The van der Waals surface area contributed by atoms with Gasteiger partial charge >= 0.3 is 0 Å². The monoisotopic (exact) mass is 574 g/mol. The van der Waals surface area contributed by atoms with Gasteiger partial charge in [-0.2, -0.15) is 10.5 Å². The van der Waals surface area contributed by atoms with Crippen molar-refractivity contribution >= 4 is 43.2 Å². The predicted molar refractivity (Wildman–Crippen MR) is 139 cm³/mol. The Morgan fingerprint density at radius 2 is 1.29 bits per heavy atom. The van der Waals surface area contributed by atoms with E-state index in [-0.39, 0.29) is 0 Å². The molecule has 0 N–H and O–H groups in total. The number of hydrogen-bond acceptors (Lipinski definition) is 3. The first-order chi connectivity index (χ1) is 16.6. The fourth-order valence-corrected chi connectivity index (χ4v) is 5.24. The Balaban J connectivity index is 1.62. The SMILES string of the molecule is Brc1ccc(N2CO[C@@]3(c4ccccc4)N=[N+](c4ccc(Br)cc4)[N-][C@@]23c2ccccc2)cc1. The van der Waals surface area contributed by atoms with Crippen LogP contribution in [0.5, 0.6) is 0 Å². The Kier molecular flexibility index (Phi) is 5.28. The number of rotatable bonds is 4. The molecule has 6 rings (SSSR count). The third kappa shape index (κ3) is 3.22. The first kappa shape index (κ1) is 21.5. The smallest absolute Gasteiger partial charge is 0.225 e. The molecule has 2 aliphatic heterocycles. The molecule has 0 unspecified atom stereocenters. The van der Waals surface area contributed by atoms with Crippen LogP contribution in [0.25, 0.3) is 5.43 Å². The van der Waals surface area contributed by atoms with Gasteiger partial charge in [-0.15, -0.1) is 4.81 Å². The average molecular weight is 576 g/mol. The van der Waals surface area contributed by atoms with Gasteiger partial charge in [0, 0.05) is 26.8 Å². The molecule has 0 aromatic heterocycles. The summed E-state index contributed by atoms with van der Waals surface area (Å²) < 4.78 is 8.70. The number of halogens is 2. The Bertz CT molecular complexity index is 1350. The Morgan fingerprint density at radius 1 is 0.735 bits per heavy atom. The molecular weight excluding hydrogens is 556 g/mol. The van der Waals surface area contributed by atoms with Gasteiger partial charge in [-0.3, -0.25) is 0 Å². The zero-order valence-corrected chi connectivity index (χ0v) is 21.2. The topological polar surface area (TPSA) is 41.9 Å². The van der Waals surface area contributed by atoms with E-state index in [1.165, 1.54) is 0 Å². The molecular formula is C27H20Br2N4O. The molecule has 0 saturated carbocycles. The molecule has 2 heterocycles. The maximum Gasteiger partial charge on any atom is 0.225 e. The summed E-state index contributed by atoms with van der Waals surface area (Å²) in [5, 5.41) is 5.17. The van der Waals surface area contributed by atoms with Crippen molar-refractivity contribution in [3.8, 4) is 0 Å². The fourth-order valence-electron chi connectivity index (χ4n) is 4.71. The molecule has 2 aliphatic rings. The van der Waals surface area contributed by atoms with E-state index >= 15 is 0 Å². The maximum absolute atomic E-state index is 6.68. The maximum atomic E-state index is 6.68. The zero-order chi connectivity index (χ0) is 23.2. The number of ether oxygens (including phenoxy) is 1. The molecule has 0 amide bonds. The van der Waals surface area contributed by atoms with Crippen LogP contribution in [0.3, 0.4) is 0 Å². The van der Waals surface area contributed by atoms with Crippen LogP contribution < -0.4 is 4.90 Å². The van der Waals surface area contributed by atoms with Crippen molar-refractivity contribution in [3.05, 3.63) is 135 Å². The van der Waals surface area contributed by atoms with E-state index < -0.39 is 11.4 Å². The number of benzene rings is 4. The summed E-state index contributed by atoms with van der Waals surface area (Å²) in [4.78, 5) is 3.92. The largest absolute Gasteiger partial charge is 0.342 e. The number of azo groups is 1. The van der Waals surface area contributed by atoms with Crippen molar-refractivity contribution in [3.63, 3.8) is 0 Å². The summed E-state index contributed by atoms with van der Waals surface area (Å²) in [6.45, 7) is 0.340. The van der Waals surface area contributed by atoms with Gasteiger partial charge < -0.3 is 9.64 Å². The summed E-state index contributed by atoms with van der Waals surface area (Å²) in [5.41, 5.74) is 7.11. The van der Waals surface area contributed by atoms with Gasteiger partial charge in [0.2, 0.25) is 5.69 Å². The molecule has 1 fully saturated rings. The van der Waals surface area contributed by atoms with Gasteiger partial charge in [0.05, 0.1) is 0 Å².